The van der Waals surface area contributed by atoms with Gasteiger partial charge in [0.2, 0.25) is 5.88 Å². The van der Waals surface area contributed by atoms with Crippen molar-refractivity contribution in [3.8, 4) is 17.2 Å². The molecule has 8 nitrogen and oxygen atoms in total. The highest BCUT2D eigenvalue weighted by atomic mass is 16.5. The molecule has 3 rings (SSSR count). The van der Waals surface area contributed by atoms with Gasteiger partial charge in [0.1, 0.15) is 0 Å². The van der Waals surface area contributed by atoms with Crippen molar-refractivity contribution in [3.63, 3.8) is 0 Å². The molecule has 0 fully saturated rings. The Labute approximate surface area is 150 Å². The fourth-order valence-corrected chi connectivity index (χ4v) is 2.79. The summed E-state index contributed by atoms with van der Waals surface area (Å²) in [7, 11) is 1.52. The fourth-order valence-electron chi connectivity index (χ4n) is 2.79. The first-order valence-electron chi connectivity index (χ1n) is 8.22. The summed E-state index contributed by atoms with van der Waals surface area (Å²) in [5.41, 5.74) is 1.49. The maximum Gasteiger partial charge on any atom is 0.405 e. The minimum Gasteiger partial charge on any atom is -0.480 e. The van der Waals surface area contributed by atoms with Gasteiger partial charge >= 0.3 is 6.09 Å². The van der Waals surface area contributed by atoms with Gasteiger partial charge in [0.25, 0.3) is 0 Å². The molecule has 0 saturated carbocycles. The minimum atomic E-state index is -1.11. The summed E-state index contributed by atoms with van der Waals surface area (Å²) in [4.78, 5) is 24.1. The molecule has 136 valence electrons. The summed E-state index contributed by atoms with van der Waals surface area (Å²) < 4.78 is 10.8. The number of amides is 1. The zero-order valence-corrected chi connectivity index (χ0v) is 14.8. The van der Waals surface area contributed by atoms with Crippen molar-refractivity contribution in [2.45, 2.75) is 26.3 Å². The van der Waals surface area contributed by atoms with Gasteiger partial charge in [0.15, 0.2) is 18.0 Å². The van der Waals surface area contributed by atoms with E-state index in [4.69, 9.17) is 14.3 Å². The lowest BCUT2D eigenvalue weighted by Crippen LogP contribution is -2.29. The van der Waals surface area contributed by atoms with Crippen LogP contribution in [0, 0.1) is 5.92 Å². The molecular weight excluding hydrogens is 336 g/mol. The number of hydrogen-bond acceptors (Lipinski definition) is 6. The smallest absolute Gasteiger partial charge is 0.405 e. The Balaban J connectivity index is 2.07. The van der Waals surface area contributed by atoms with Crippen LogP contribution in [0.1, 0.15) is 32.1 Å². The molecule has 1 aromatic carbocycles. The first kappa shape index (κ1) is 17.7. The standard InChI is InChI=1S/C18H20N4O4/c1-10(2)6-14(21-18(23)24)16-20-13-5-4-11(15-8-19-9-26-15)7-12(13)17(22-16)25-3/h4-5,7-10,14,21H,6H2,1-3H3,(H,23,24). The highest BCUT2D eigenvalue weighted by Crippen LogP contribution is 2.30. The van der Waals surface area contributed by atoms with Crippen LogP contribution in [0.3, 0.4) is 0 Å². The number of hydrogen-bond donors (Lipinski definition) is 2. The van der Waals surface area contributed by atoms with Gasteiger partial charge in [-0.2, -0.15) is 4.98 Å². The number of carboxylic acid groups (broad SMARTS) is 1. The first-order valence-corrected chi connectivity index (χ1v) is 8.22. The van der Waals surface area contributed by atoms with Crippen LogP contribution in [-0.4, -0.2) is 33.3 Å². The summed E-state index contributed by atoms with van der Waals surface area (Å²) in [6.07, 6.45) is 2.46. The molecule has 2 N–H and O–H groups in total. The highest BCUT2D eigenvalue weighted by Gasteiger charge is 2.21. The molecule has 3 aromatic rings. The van der Waals surface area contributed by atoms with Crippen molar-refractivity contribution in [3.05, 3.63) is 36.6 Å². The molecule has 1 amide bonds. The maximum absolute atomic E-state index is 11.1. The lowest BCUT2D eigenvalue weighted by molar-refractivity contribution is 0.187. The molecule has 0 aliphatic heterocycles. The first-order chi connectivity index (χ1) is 12.5. The van der Waals surface area contributed by atoms with Gasteiger partial charge in [-0.15, -0.1) is 0 Å². The van der Waals surface area contributed by atoms with Crippen LogP contribution in [-0.2, 0) is 0 Å². The normalized spacial score (nSPS) is 12.3. The van der Waals surface area contributed by atoms with Crippen molar-refractivity contribution in [1.29, 1.82) is 0 Å². The lowest BCUT2D eigenvalue weighted by Gasteiger charge is -2.19. The second-order valence-electron chi connectivity index (χ2n) is 6.32. The van der Waals surface area contributed by atoms with Gasteiger partial charge in [-0.25, -0.2) is 14.8 Å². The molecule has 0 aliphatic carbocycles. The zero-order chi connectivity index (χ0) is 18.7. The summed E-state index contributed by atoms with van der Waals surface area (Å²) in [5.74, 6) is 1.67. The van der Waals surface area contributed by atoms with E-state index in [1.54, 1.807) is 6.20 Å². The second-order valence-corrected chi connectivity index (χ2v) is 6.32. The number of nitrogens with one attached hydrogen (secondary N) is 1. The van der Waals surface area contributed by atoms with Gasteiger partial charge in [-0.3, -0.25) is 0 Å². The van der Waals surface area contributed by atoms with Crippen molar-refractivity contribution in [2.24, 2.45) is 5.92 Å². The zero-order valence-electron chi connectivity index (χ0n) is 14.8. The molecule has 0 aliphatic rings. The van der Waals surface area contributed by atoms with Crippen molar-refractivity contribution in [1.82, 2.24) is 20.3 Å². The van der Waals surface area contributed by atoms with E-state index in [1.807, 2.05) is 32.0 Å². The summed E-state index contributed by atoms with van der Waals surface area (Å²) in [6, 6.07) is 5.04. The van der Waals surface area contributed by atoms with Gasteiger partial charge < -0.3 is 19.6 Å². The molecule has 0 saturated heterocycles. The lowest BCUT2D eigenvalue weighted by atomic mass is 10.0. The quantitative estimate of drug-likeness (QED) is 0.693. The molecule has 2 aromatic heterocycles. The average molecular weight is 356 g/mol. The van der Waals surface area contributed by atoms with E-state index < -0.39 is 12.1 Å². The van der Waals surface area contributed by atoms with Gasteiger partial charge in [-0.05, 0) is 30.5 Å². The molecule has 26 heavy (non-hydrogen) atoms. The number of aromatic nitrogens is 3. The Hall–Kier alpha value is -3.16. The molecule has 8 heteroatoms. The monoisotopic (exact) mass is 356 g/mol. The Bertz CT molecular complexity index is 909. The van der Waals surface area contributed by atoms with Crippen LogP contribution in [0.2, 0.25) is 0 Å². The molecular formula is C18H20N4O4. The molecule has 0 radical (unpaired) electrons. The maximum atomic E-state index is 11.1. The predicted octanol–water partition coefficient (Wildman–Crippen LogP) is 3.65. The van der Waals surface area contributed by atoms with E-state index in [1.165, 1.54) is 13.5 Å². The molecule has 0 spiro atoms. The van der Waals surface area contributed by atoms with Gasteiger partial charge in [-0.1, -0.05) is 13.8 Å². The largest absolute Gasteiger partial charge is 0.480 e. The van der Waals surface area contributed by atoms with E-state index in [9.17, 15) is 4.79 Å². The average Bonchev–Trinajstić information content (AvgIpc) is 3.13. The number of methoxy groups -OCH3 is 1. The van der Waals surface area contributed by atoms with Gasteiger partial charge in [0, 0.05) is 5.56 Å². The fraction of sp³-hybridized carbons (Fsp3) is 0.333. The van der Waals surface area contributed by atoms with Crippen LogP contribution in [0.15, 0.2) is 35.2 Å². The minimum absolute atomic E-state index is 0.269. The van der Waals surface area contributed by atoms with Crippen LogP contribution in [0.5, 0.6) is 5.88 Å². The topological polar surface area (TPSA) is 110 Å². The number of nitrogens with zero attached hydrogens (tertiary/aromatic N) is 3. The van der Waals surface area contributed by atoms with E-state index >= 15 is 0 Å². The Kier molecular flexibility index (Phi) is 5.01. The second kappa shape index (κ2) is 7.38. The number of rotatable bonds is 6. The van der Waals surface area contributed by atoms with Crippen LogP contribution < -0.4 is 10.1 Å². The van der Waals surface area contributed by atoms with Crippen molar-refractivity contribution >= 4 is 17.0 Å². The Morgan fingerprint density at radius 2 is 2.15 bits per heavy atom. The van der Waals surface area contributed by atoms with Crippen molar-refractivity contribution in [2.75, 3.05) is 7.11 Å². The van der Waals surface area contributed by atoms with Crippen molar-refractivity contribution < 1.29 is 19.1 Å². The van der Waals surface area contributed by atoms with E-state index in [0.717, 1.165) is 5.56 Å². The number of fused-ring (bicyclic) bond motifs is 1. The summed E-state index contributed by atoms with van der Waals surface area (Å²) >= 11 is 0. The number of carbonyl (C=O) groups is 1. The third-order valence-electron chi connectivity index (χ3n) is 3.90. The Morgan fingerprint density at radius 3 is 2.77 bits per heavy atom. The predicted molar refractivity (Wildman–Crippen MR) is 94.9 cm³/mol. The molecule has 1 atom stereocenters. The van der Waals surface area contributed by atoms with E-state index in [-0.39, 0.29) is 5.92 Å². The molecule has 2 heterocycles. The summed E-state index contributed by atoms with van der Waals surface area (Å²) in [5, 5.41) is 12.3. The van der Waals surface area contributed by atoms with Crippen LogP contribution >= 0.6 is 0 Å². The number of benzene rings is 1. The van der Waals surface area contributed by atoms with Gasteiger partial charge in [0.05, 0.1) is 30.3 Å². The highest BCUT2D eigenvalue weighted by molar-refractivity contribution is 5.87. The van der Waals surface area contributed by atoms with E-state index in [2.05, 4.69) is 20.3 Å². The van der Waals surface area contributed by atoms with E-state index in [0.29, 0.717) is 34.8 Å². The number of ether oxygens (including phenoxy) is 1. The van der Waals surface area contributed by atoms with Crippen LogP contribution in [0.4, 0.5) is 4.79 Å². The summed E-state index contributed by atoms with van der Waals surface area (Å²) in [6.45, 7) is 4.02. The third-order valence-corrected chi connectivity index (χ3v) is 3.90. The SMILES string of the molecule is COc1nc(C(CC(C)C)NC(=O)O)nc2ccc(-c3cnco3)cc12. The van der Waals surface area contributed by atoms with Crippen LogP contribution in [0.25, 0.3) is 22.2 Å². The Morgan fingerprint density at radius 1 is 1.35 bits per heavy atom. The molecule has 0 bridgehead atoms. The number of oxazole rings is 1. The molecule has 1 unspecified atom stereocenters. The third kappa shape index (κ3) is 3.74.